The number of pyridine rings is 1. The van der Waals surface area contributed by atoms with E-state index in [0.29, 0.717) is 13.2 Å². The van der Waals surface area contributed by atoms with Crippen molar-refractivity contribution in [1.82, 2.24) is 4.98 Å². The lowest BCUT2D eigenvalue weighted by molar-refractivity contribution is -0.119. The van der Waals surface area contributed by atoms with E-state index in [1.54, 1.807) is 6.20 Å². The van der Waals surface area contributed by atoms with Crippen molar-refractivity contribution >= 4 is 23.0 Å². The van der Waals surface area contributed by atoms with Crippen LogP contribution < -0.4 is 10.2 Å². The minimum atomic E-state index is -0.903. The van der Waals surface area contributed by atoms with E-state index in [1.807, 2.05) is 37.3 Å². The summed E-state index contributed by atoms with van der Waals surface area (Å²) in [5.41, 5.74) is 4.10. The van der Waals surface area contributed by atoms with Crippen LogP contribution in [0.5, 0.6) is 0 Å². The van der Waals surface area contributed by atoms with Gasteiger partial charge in [0.15, 0.2) is 0 Å². The van der Waals surface area contributed by atoms with Gasteiger partial charge >= 0.3 is 0 Å². The second-order valence-corrected chi connectivity index (χ2v) is 7.33. The minimum Gasteiger partial charge on any atom is -0.377 e. The zero-order valence-electron chi connectivity index (χ0n) is 16.1. The Morgan fingerprint density at radius 3 is 2.86 bits per heavy atom. The van der Waals surface area contributed by atoms with Crippen LogP contribution in [0.4, 0.5) is 11.5 Å². The van der Waals surface area contributed by atoms with E-state index in [-0.39, 0.29) is 17.9 Å². The van der Waals surface area contributed by atoms with Crippen LogP contribution in [0.15, 0.2) is 48.7 Å². The molecule has 1 amide bonds. The molecule has 28 heavy (non-hydrogen) atoms. The van der Waals surface area contributed by atoms with E-state index in [0.717, 1.165) is 29.1 Å². The molecular formula is C22H25N3O3. The first kappa shape index (κ1) is 18.7. The molecule has 2 N–H and O–H groups in total. The van der Waals surface area contributed by atoms with Crippen LogP contribution in [0.25, 0.3) is 5.57 Å². The summed E-state index contributed by atoms with van der Waals surface area (Å²) in [6.07, 6.45) is 3.81. The minimum absolute atomic E-state index is 0.170. The molecule has 4 rings (SSSR count). The first-order valence-electron chi connectivity index (χ1n) is 9.63. The second kappa shape index (κ2) is 7.73. The van der Waals surface area contributed by atoms with Crippen molar-refractivity contribution in [3.63, 3.8) is 0 Å². The third kappa shape index (κ3) is 3.41. The van der Waals surface area contributed by atoms with E-state index < -0.39 is 6.23 Å². The molecule has 0 saturated carbocycles. The summed E-state index contributed by atoms with van der Waals surface area (Å²) >= 11 is 0. The Bertz CT molecular complexity index is 897. The van der Waals surface area contributed by atoms with E-state index >= 15 is 0 Å². The Hall–Kier alpha value is -2.70. The molecule has 0 radical (unpaired) electrons. The SMILES string of the molecule is CC(=O)N1c2ccc(C3=CCOCC3)cc2C(Nc2ccccn2)[C@@H](C)C1O. The number of anilines is 2. The lowest BCUT2D eigenvalue weighted by Crippen LogP contribution is -2.50. The molecule has 2 aromatic rings. The van der Waals surface area contributed by atoms with Crippen molar-refractivity contribution in [3.8, 4) is 0 Å². The number of carbonyl (C=O) groups excluding carboxylic acids is 1. The van der Waals surface area contributed by atoms with Gasteiger partial charge in [0.05, 0.1) is 24.9 Å². The number of aliphatic hydroxyl groups is 1. The Labute approximate surface area is 164 Å². The van der Waals surface area contributed by atoms with Gasteiger partial charge in [-0.1, -0.05) is 25.1 Å². The van der Waals surface area contributed by atoms with Gasteiger partial charge in [0.25, 0.3) is 0 Å². The van der Waals surface area contributed by atoms with Crippen LogP contribution in [-0.4, -0.2) is 35.4 Å². The number of rotatable bonds is 3. The average molecular weight is 379 g/mol. The van der Waals surface area contributed by atoms with Crippen molar-refractivity contribution < 1.29 is 14.6 Å². The monoisotopic (exact) mass is 379 g/mol. The van der Waals surface area contributed by atoms with Crippen LogP contribution in [0, 0.1) is 5.92 Å². The summed E-state index contributed by atoms with van der Waals surface area (Å²) < 4.78 is 5.43. The van der Waals surface area contributed by atoms with Crippen molar-refractivity contribution in [3.05, 3.63) is 59.8 Å². The number of nitrogens with zero attached hydrogens (tertiary/aromatic N) is 2. The maximum atomic E-state index is 12.3. The Balaban J connectivity index is 1.80. The average Bonchev–Trinajstić information content (AvgIpc) is 2.72. The molecule has 2 unspecified atom stereocenters. The normalized spacial score (nSPS) is 24.3. The van der Waals surface area contributed by atoms with E-state index in [9.17, 15) is 9.90 Å². The van der Waals surface area contributed by atoms with Crippen LogP contribution in [0.1, 0.15) is 37.4 Å². The lowest BCUT2D eigenvalue weighted by atomic mass is 9.84. The molecule has 6 heteroatoms. The van der Waals surface area contributed by atoms with Gasteiger partial charge in [-0.2, -0.15) is 0 Å². The molecule has 2 aliphatic heterocycles. The van der Waals surface area contributed by atoms with Crippen LogP contribution in [0.2, 0.25) is 0 Å². The van der Waals surface area contributed by atoms with Crippen molar-refractivity contribution in [2.75, 3.05) is 23.4 Å². The van der Waals surface area contributed by atoms with E-state index in [4.69, 9.17) is 4.74 Å². The van der Waals surface area contributed by atoms with Gasteiger partial charge in [-0.3, -0.25) is 9.69 Å². The number of hydrogen-bond acceptors (Lipinski definition) is 5. The van der Waals surface area contributed by atoms with Gasteiger partial charge in [-0.05, 0) is 47.4 Å². The molecule has 1 aromatic carbocycles. The number of amides is 1. The summed E-state index contributed by atoms with van der Waals surface area (Å²) in [6, 6.07) is 11.6. The summed E-state index contributed by atoms with van der Waals surface area (Å²) in [7, 11) is 0. The quantitative estimate of drug-likeness (QED) is 0.855. The third-order valence-corrected chi connectivity index (χ3v) is 5.52. The summed E-state index contributed by atoms with van der Waals surface area (Å²) in [4.78, 5) is 18.1. The molecule has 3 atom stereocenters. The number of fused-ring (bicyclic) bond motifs is 1. The molecule has 0 aliphatic carbocycles. The molecular weight excluding hydrogens is 354 g/mol. The highest BCUT2D eigenvalue weighted by Crippen LogP contribution is 2.43. The molecule has 0 spiro atoms. The predicted molar refractivity (Wildman–Crippen MR) is 109 cm³/mol. The summed E-state index contributed by atoms with van der Waals surface area (Å²) in [5, 5.41) is 14.3. The van der Waals surface area contributed by atoms with Gasteiger partial charge < -0.3 is 15.2 Å². The fourth-order valence-electron chi connectivity index (χ4n) is 4.02. The molecule has 3 heterocycles. The number of aromatic nitrogens is 1. The van der Waals surface area contributed by atoms with Gasteiger partial charge in [0.1, 0.15) is 12.0 Å². The molecule has 6 nitrogen and oxygen atoms in total. The number of hydrogen-bond donors (Lipinski definition) is 2. The number of carbonyl (C=O) groups is 1. The molecule has 0 fully saturated rings. The van der Waals surface area contributed by atoms with Gasteiger partial charge in [0.2, 0.25) is 5.91 Å². The fraction of sp³-hybridized carbons (Fsp3) is 0.364. The first-order valence-corrected chi connectivity index (χ1v) is 9.63. The first-order chi connectivity index (χ1) is 13.6. The van der Waals surface area contributed by atoms with Crippen LogP contribution >= 0.6 is 0 Å². The summed E-state index contributed by atoms with van der Waals surface area (Å²) in [6.45, 7) is 4.77. The fourth-order valence-corrected chi connectivity index (χ4v) is 4.02. The molecule has 1 aromatic heterocycles. The number of aliphatic hydroxyl groups excluding tert-OH is 1. The Kier molecular flexibility index (Phi) is 5.15. The standard InChI is InChI=1S/C22H25N3O3/c1-14-21(24-20-5-3-4-10-23-20)18-13-17(16-8-11-28-12-9-16)6-7-19(18)25(15(2)26)22(14)27/h3-8,10,13-14,21-22,27H,9,11-12H2,1-2H3,(H,23,24)/t14-,21?,22?/m1/s1. The maximum Gasteiger partial charge on any atom is 0.225 e. The van der Waals surface area contributed by atoms with E-state index in [1.165, 1.54) is 17.4 Å². The molecule has 146 valence electrons. The zero-order chi connectivity index (χ0) is 19.7. The number of nitrogens with one attached hydrogen (secondary N) is 1. The smallest absolute Gasteiger partial charge is 0.225 e. The summed E-state index contributed by atoms with van der Waals surface area (Å²) in [5.74, 6) is 0.358. The maximum absolute atomic E-state index is 12.3. The highest BCUT2D eigenvalue weighted by Gasteiger charge is 2.40. The third-order valence-electron chi connectivity index (χ3n) is 5.52. The van der Waals surface area contributed by atoms with Gasteiger partial charge in [0, 0.05) is 19.0 Å². The van der Waals surface area contributed by atoms with Crippen molar-refractivity contribution in [2.45, 2.75) is 32.5 Å². The second-order valence-electron chi connectivity index (χ2n) is 7.33. The van der Waals surface area contributed by atoms with Gasteiger partial charge in [-0.15, -0.1) is 0 Å². The Morgan fingerprint density at radius 2 is 2.18 bits per heavy atom. The van der Waals surface area contributed by atoms with Crippen LogP contribution in [0.3, 0.4) is 0 Å². The van der Waals surface area contributed by atoms with E-state index in [2.05, 4.69) is 22.4 Å². The van der Waals surface area contributed by atoms with Crippen LogP contribution in [-0.2, 0) is 9.53 Å². The van der Waals surface area contributed by atoms with Crippen molar-refractivity contribution in [1.29, 1.82) is 0 Å². The van der Waals surface area contributed by atoms with Gasteiger partial charge in [-0.25, -0.2) is 4.98 Å². The molecule has 0 saturated heterocycles. The molecule has 0 bridgehead atoms. The highest BCUT2D eigenvalue weighted by atomic mass is 16.5. The lowest BCUT2D eigenvalue weighted by Gasteiger charge is -2.43. The predicted octanol–water partition coefficient (Wildman–Crippen LogP) is 3.36. The van der Waals surface area contributed by atoms with Crippen molar-refractivity contribution in [2.24, 2.45) is 5.92 Å². The highest BCUT2D eigenvalue weighted by molar-refractivity contribution is 5.94. The topological polar surface area (TPSA) is 74.7 Å². The number of benzene rings is 1. The zero-order valence-corrected chi connectivity index (χ0v) is 16.1. The molecule has 2 aliphatic rings. The number of ether oxygens (including phenoxy) is 1. The largest absolute Gasteiger partial charge is 0.377 e. The Morgan fingerprint density at radius 1 is 1.32 bits per heavy atom.